The third kappa shape index (κ3) is 3.80. The largest absolute Gasteiger partial charge is 0.468 e. The standard InChI is InChI=1S/C22H23NO2S/c24-22(21-9-3-6-18-5-1-2-8-20(18)21)23-12-10-17(11-13-23)15-26-16-19-7-4-14-25-19/h1-9,14,17H,10-13,15-16H2. The smallest absolute Gasteiger partial charge is 0.254 e. The number of nitrogens with zero attached hydrogens (tertiary/aromatic N) is 1. The number of furan rings is 1. The zero-order valence-corrected chi connectivity index (χ0v) is 15.6. The highest BCUT2D eigenvalue weighted by molar-refractivity contribution is 7.98. The average molecular weight is 365 g/mol. The minimum absolute atomic E-state index is 0.170. The molecule has 0 radical (unpaired) electrons. The first-order chi connectivity index (χ1) is 12.8. The van der Waals surface area contributed by atoms with Crippen molar-refractivity contribution in [2.45, 2.75) is 18.6 Å². The molecular formula is C22H23NO2S. The Morgan fingerprint density at radius 2 is 1.85 bits per heavy atom. The highest BCUT2D eigenvalue weighted by atomic mass is 32.2. The summed E-state index contributed by atoms with van der Waals surface area (Å²) in [6, 6.07) is 18.1. The number of carbonyl (C=O) groups excluding carboxylic acids is 1. The van der Waals surface area contributed by atoms with Crippen LogP contribution in [0.25, 0.3) is 10.8 Å². The molecule has 1 aliphatic heterocycles. The van der Waals surface area contributed by atoms with Gasteiger partial charge in [-0.05, 0) is 53.5 Å². The minimum Gasteiger partial charge on any atom is -0.468 e. The lowest BCUT2D eigenvalue weighted by Crippen LogP contribution is -2.39. The van der Waals surface area contributed by atoms with Gasteiger partial charge in [0, 0.05) is 18.7 Å². The summed E-state index contributed by atoms with van der Waals surface area (Å²) in [5.41, 5.74) is 0.828. The van der Waals surface area contributed by atoms with Crippen LogP contribution in [0.4, 0.5) is 0 Å². The molecule has 2 aromatic carbocycles. The van der Waals surface area contributed by atoms with Crippen LogP contribution >= 0.6 is 11.8 Å². The molecule has 1 fully saturated rings. The van der Waals surface area contributed by atoms with Gasteiger partial charge in [0.1, 0.15) is 5.76 Å². The van der Waals surface area contributed by atoms with E-state index in [0.29, 0.717) is 5.92 Å². The van der Waals surface area contributed by atoms with Crippen molar-refractivity contribution in [3.63, 3.8) is 0 Å². The second kappa shape index (κ2) is 8.00. The van der Waals surface area contributed by atoms with E-state index >= 15 is 0 Å². The van der Waals surface area contributed by atoms with Crippen molar-refractivity contribution in [2.24, 2.45) is 5.92 Å². The molecule has 0 spiro atoms. The maximum atomic E-state index is 13.0. The number of thioether (sulfide) groups is 1. The molecule has 26 heavy (non-hydrogen) atoms. The summed E-state index contributed by atoms with van der Waals surface area (Å²) in [6.45, 7) is 1.71. The van der Waals surface area contributed by atoms with Crippen molar-refractivity contribution in [3.05, 3.63) is 72.2 Å². The molecule has 0 atom stereocenters. The van der Waals surface area contributed by atoms with Crippen molar-refractivity contribution in [1.29, 1.82) is 0 Å². The first kappa shape index (κ1) is 17.2. The molecule has 0 aliphatic carbocycles. The fourth-order valence-corrected chi connectivity index (χ4v) is 4.76. The molecule has 1 aromatic heterocycles. The van der Waals surface area contributed by atoms with Crippen LogP contribution in [0, 0.1) is 5.92 Å². The molecule has 1 saturated heterocycles. The molecule has 0 unspecified atom stereocenters. The summed E-state index contributed by atoms with van der Waals surface area (Å²) in [4.78, 5) is 15.0. The van der Waals surface area contributed by atoms with Gasteiger partial charge < -0.3 is 9.32 Å². The average Bonchev–Trinajstić information content (AvgIpc) is 3.21. The summed E-state index contributed by atoms with van der Waals surface area (Å²) < 4.78 is 5.38. The van der Waals surface area contributed by atoms with Gasteiger partial charge in [-0.15, -0.1) is 0 Å². The van der Waals surface area contributed by atoms with E-state index in [1.807, 2.05) is 59.1 Å². The van der Waals surface area contributed by atoms with Crippen molar-refractivity contribution in [3.8, 4) is 0 Å². The van der Waals surface area contributed by atoms with E-state index in [1.54, 1.807) is 6.26 Å². The van der Waals surface area contributed by atoms with E-state index in [9.17, 15) is 4.79 Å². The topological polar surface area (TPSA) is 33.5 Å². The summed E-state index contributed by atoms with van der Waals surface area (Å²) in [5, 5.41) is 2.18. The van der Waals surface area contributed by atoms with Crippen molar-refractivity contribution < 1.29 is 9.21 Å². The van der Waals surface area contributed by atoms with Gasteiger partial charge in [-0.1, -0.05) is 36.4 Å². The van der Waals surface area contributed by atoms with Gasteiger partial charge in [-0.2, -0.15) is 11.8 Å². The first-order valence-corrected chi connectivity index (χ1v) is 10.3. The quantitative estimate of drug-likeness (QED) is 0.622. The Kier molecular flexibility index (Phi) is 5.30. The molecule has 0 bridgehead atoms. The van der Waals surface area contributed by atoms with E-state index in [-0.39, 0.29) is 5.91 Å². The van der Waals surface area contributed by atoms with Crippen LogP contribution in [0.1, 0.15) is 29.0 Å². The van der Waals surface area contributed by atoms with Crippen LogP contribution in [-0.2, 0) is 5.75 Å². The molecule has 1 aliphatic rings. The molecule has 134 valence electrons. The number of hydrogen-bond donors (Lipinski definition) is 0. The Balaban J connectivity index is 1.33. The van der Waals surface area contributed by atoms with E-state index in [2.05, 4.69) is 12.1 Å². The molecule has 2 heterocycles. The van der Waals surface area contributed by atoms with Crippen molar-refractivity contribution in [1.82, 2.24) is 4.90 Å². The normalized spacial score (nSPS) is 15.5. The third-order valence-corrected chi connectivity index (χ3v) is 6.30. The maximum absolute atomic E-state index is 13.0. The number of rotatable bonds is 5. The molecule has 1 amide bonds. The fourth-order valence-electron chi connectivity index (χ4n) is 3.61. The van der Waals surface area contributed by atoms with Crippen LogP contribution in [-0.4, -0.2) is 29.6 Å². The summed E-state index contributed by atoms with van der Waals surface area (Å²) in [7, 11) is 0. The second-order valence-corrected chi connectivity index (χ2v) is 7.89. The predicted molar refractivity (Wildman–Crippen MR) is 107 cm³/mol. The third-order valence-electron chi connectivity index (χ3n) is 5.10. The van der Waals surface area contributed by atoms with Gasteiger partial charge in [-0.25, -0.2) is 0 Å². The summed E-state index contributed by atoms with van der Waals surface area (Å²) in [6.07, 6.45) is 3.90. The Bertz CT molecular complexity index is 861. The molecule has 4 heteroatoms. The molecule has 3 aromatic rings. The van der Waals surface area contributed by atoms with Crippen LogP contribution in [0.3, 0.4) is 0 Å². The monoisotopic (exact) mass is 365 g/mol. The first-order valence-electron chi connectivity index (χ1n) is 9.18. The number of hydrogen-bond acceptors (Lipinski definition) is 3. The number of likely N-dealkylation sites (tertiary alicyclic amines) is 1. The van der Waals surface area contributed by atoms with E-state index < -0.39 is 0 Å². The Morgan fingerprint density at radius 1 is 1.04 bits per heavy atom. The zero-order chi connectivity index (χ0) is 17.8. The summed E-state index contributed by atoms with van der Waals surface area (Å²) in [5.74, 6) is 3.97. The molecule has 3 nitrogen and oxygen atoms in total. The van der Waals surface area contributed by atoms with E-state index in [1.165, 1.54) is 0 Å². The van der Waals surface area contributed by atoms with Crippen LogP contribution in [0.2, 0.25) is 0 Å². The second-order valence-electron chi connectivity index (χ2n) is 6.86. The van der Waals surface area contributed by atoms with Gasteiger partial charge in [0.2, 0.25) is 0 Å². The SMILES string of the molecule is O=C(c1cccc2ccccc12)N1CCC(CSCc2ccco2)CC1. The lowest BCUT2D eigenvalue weighted by Gasteiger charge is -2.32. The zero-order valence-electron chi connectivity index (χ0n) is 14.8. The molecule has 0 saturated carbocycles. The molecular weight excluding hydrogens is 342 g/mol. The van der Waals surface area contributed by atoms with Gasteiger partial charge in [-0.3, -0.25) is 4.79 Å². The van der Waals surface area contributed by atoms with Crippen LogP contribution in [0.5, 0.6) is 0 Å². The highest BCUT2D eigenvalue weighted by Gasteiger charge is 2.24. The van der Waals surface area contributed by atoms with Gasteiger partial charge in [0.05, 0.1) is 12.0 Å². The molecule has 0 N–H and O–H groups in total. The number of carbonyl (C=O) groups is 1. The fraction of sp³-hybridized carbons (Fsp3) is 0.318. The minimum atomic E-state index is 0.170. The number of benzene rings is 2. The number of piperidine rings is 1. The van der Waals surface area contributed by atoms with Gasteiger partial charge in [0.15, 0.2) is 0 Å². The van der Waals surface area contributed by atoms with Gasteiger partial charge >= 0.3 is 0 Å². The van der Waals surface area contributed by atoms with Gasteiger partial charge in [0.25, 0.3) is 5.91 Å². The Labute approximate surface area is 158 Å². The van der Waals surface area contributed by atoms with Crippen LogP contribution < -0.4 is 0 Å². The summed E-state index contributed by atoms with van der Waals surface area (Å²) >= 11 is 1.93. The van der Waals surface area contributed by atoms with Crippen molar-refractivity contribution in [2.75, 3.05) is 18.8 Å². The van der Waals surface area contributed by atoms with Crippen LogP contribution in [0.15, 0.2) is 65.3 Å². The number of fused-ring (bicyclic) bond motifs is 1. The van der Waals surface area contributed by atoms with E-state index in [4.69, 9.17) is 4.42 Å². The Hall–Kier alpha value is -2.20. The highest BCUT2D eigenvalue weighted by Crippen LogP contribution is 2.26. The lowest BCUT2D eigenvalue weighted by molar-refractivity contribution is 0.0700. The predicted octanol–water partition coefficient (Wildman–Crippen LogP) is 5.22. The maximum Gasteiger partial charge on any atom is 0.254 e. The van der Waals surface area contributed by atoms with Crippen molar-refractivity contribution >= 4 is 28.4 Å². The number of amides is 1. The lowest BCUT2D eigenvalue weighted by atomic mass is 9.97. The van der Waals surface area contributed by atoms with E-state index in [0.717, 1.165) is 59.5 Å². The Morgan fingerprint density at radius 3 is 2.65 bits per heavy atom. The molecule has 4 rings (SSSR count).